The molecule has 1 saturated heterocycles. The minimum Gasteiger partial charge on any atom is -0.450 e. The first-order valence-corrected chi connectivity index (χ1v) is 9.87. The molecular weight excluding hydrogens is 344 g/mol. The number of carbonyl (C=O) groups excluding carboxylic acids is 2. The lowest BCUT2D eigenvalue weighted by molar-refractivity contribution is 0.0856. The van der Waals surface area contributed by atoms with E-state index in [9.17, 15) is 9.59 Å². The van der Waals surface area contributed by atoms with Crippen LogP contribution in [0.15, 0.2) is 10.7 Å². The van der Waals surface area contributed by atoms with Crippen molar-refractivity contribution in [2.45, 2.75) is 38.3 Å². The molecule has 0 saturated carbocycles. The van der Waals surface area contributed by atoms with Crippen molar-refractivity contribution >= 4 is 23.8 Å². The first kappa shape index (κ1) is 19.6. The first-order chi connectivity index (χ1) is 12.0. The van der Waals surface area contributed by atoms with Crippen molar-refractivity contribution in [1.82, 2.24) is 15.2 Å². The van der Waals surface area contributed by atoms with Crippen LogP contribution in [-0.2, 0) is 4.74 Å². The summed E-state index contributed by atoms with van der Waals surface area (Å²) in [5.74, 6) is 1.02. The number of carbonyl (C=O) groups is 2. The van der Waals surface area contributed by atoms with Crippen LogP contribution in [0.1, 0.15) is 48.6 Å². The lowest BCUT2D eigenvalue weighted by Crippen LogP contribution is -2.46. The number of nitrogens with zero attached hydrogens (tertiary/aromatic N) is 2. The molecule has 9 heteroatoms. The Bertz CT molecular complexity index is 572. The maximum absolute atomic E-state index is 12.3. The molecule has 0 radical (unpaired) electrons. The lowest BCUT2D eigenvalue weighted by atomic mass is 10.1. The first-order valence-electron chi connectivity index (χ1n) is 8.47. The average Bonchev–Trinajstić information content (AvgIpc) is 3.11. The highest BCUT2D eigenvalue weighted by molar-refractivity contribution is 7.98. The molecule has 2 heterocycles. The molecule has 0 aliphatic carbocycles. The van der Waals surface area contributed by atoms with E-state index in [1.807, 2.05) is 6.26 Å². The van der Waals surface area contributed by atoms with Crippen molar-refractivity contribution in [3.63, 3.8) is 0 Å². The van der Waals surface area contributed by atoms with Crippen LogP contribution in [0.2, 0.25) is 0 Å². The van der Waals surface area contributed by atoms with Gasteiger partial charge in [0, 0.05) is 19.1 Å². The van der Waals surface area contributed by atoms with Crippen LogP contribution >= 0.6 is 11.8 Å². The molecule has 25 heavy (non-hydrogen) atoms. The van der Waals surface area contributed by atoms with E-state index >= 15 is 0 Å². The van der Waals surface area contributed by atoms with Gasteiger partial charge in [-0.2, -0.15) is 11.8 Å². The summed E-state index contributed by atoms with van der Waals surface area (Å²) in [5.41, 5.74) is 6.23. The maximum atomic E-state index is 12.3. The number of piperidine rings is 1. The summed E-state index contributed by atoms with van der Waals surface area (Å²) >= 11 is 1.70. The summed E-state index contributed by atoms with van der Waals surface area (Å²) in [6.45, 7) is 3.27. The molecule has 1 aliphatic heterocycles. The quantitative estimate of drug-likeness (QED) is 0.752. The van der Waals surface area contributed by atoms with Gasteiger partial charge in [-0.1, -0.05) is 0 Å². The third-order valence-corrected chi connectivity index (χ3v) is 4.70. The van der Waals surface area contributed by atoms with E-state index in [-0.39, 0.29) is 29.8 Å². The van der Waals surface area contributed by atoms with Crippen LogP contribution in [0, 0.1) is 0 Å². The van der Waals surface area contributed by atoms with Gasteiger partial charge in [0.25, 0.3) is 5.91 Å². The number of hydrogen-bond acceptors (Lipinski definition) is 7. The molecule has 0 aromatic carbocycles. The normalized spacial score (nSPS) is 16.5. The minimum atomic E-state index is -0.304. The molecule has 1 aromatic rings. The molecule has 0 spiro atoms. The number of ether oxygens (including phenoxy) is 1. The fourth-order valence-electron chi connectivity index (χ4n) is 2.61. The molecular formula is C16H26N4O4S. The summed E-state index contributed by atoms with van der Waals surface area (Å²) in [7, 11) is 0. The number of nitrogens with one attached hydrogen (secondary N) is 1. The van der Waals surface area contributed by atoms with E-state index in [4.69, 9.17) is 14.9 Å². The van der Waals surface area contributed by atoms with Gasteiger partial charge in [-0.05, 0) is 38.2 Å². The molecule has 1 fully saturated rings. The molecule has 0 bridgehead atoms. The molecule has 1 atom stereocenters. The predicted octanol–water partition coefficient (Wildman–Crippen LogP) is 1.78. The Morgan fingerprint density at radius 2 is 2.24 bits per heavy atom. The van der Waals surface area contributed by atoms with Gasteiger partial charge >= 0.3 is 6.09 Å². The van der Waals surface area contributed by atoms with Gasteiger partial charge in [0.1, 0.15) is 6.26 Å². The van der Waals surface area contributed by atoms with Crippen molar-refractivity contribution in [1.29, 1.82) is 0 Å². The van der Waals surface area contributed by atoms with E-state index in [1.165, 1.54) is 6.26 Å². The van der Waals surface area contributed by atoms with Gasteiger partial charge in [0.15, 0.2) is 5.69 Å². The third kappa shape index (κ3) is 5.64. The average molecular weight is 370 g/mol. The summed E-state index contributed by atoms with van der Waals surface area (Å²) < 4.78 is 10.3. The van der Waals surface area contributed by atoms with Crippen LogP contribution in [0.5, 0.6) is 0 Å². The van der Waals surface area contributed by atoms with Gasteiger partial charge in [0.05, 0.1) is 12.6 Å². The number of thioether (sulfide) groups is 1. The zero-order chi connectivity index (χ0) is 18.2. The summed E-state index contributed by atoms with van der Waals surface area (Å²) in [6.07, 6.45) is 5.17. The Balaban J connectivity index is 1.81. The summed E-state index contributed by atoms with van der Waals surface area (Å²) in [6, 6.07) is -0.301. The fraction of sp³-hybridized carbons (Fsp3) is 0.688. The highest BCUT2D eigenvalue weighted by Gasteiger charge is 2.26. The van der Waals surface area contributed by atoms with Crippen molar-refractivity contribution in [3.8, 4) is 0 Å². The minimum absolute atomic E-state index is 0.00323. The number of aromatic nitrogens is 1. The predicted molar refractivity (Wildman–Crippen MR) is 95.5 cm³/mol. The second kappa shape index (κ2) is 9.67. The zero-order valence-electron chi connectivity index (χ0n) is 14.7. The Morgan fingerprint density at radius 1 is 1.52 bits per heavy atom. The van der Waals surface area contributed by atoms with Crippen LogP contribution in [0.4, 0.5) is 4.79 Å². The number of amides is 2. The third-order valence-electron chi connectivity index (χ3n) is 4.06. The fourth-order valence-corrected chi connectivity index (χ4v) is 3.10. The molecule has 2 amide bonds. The summed E-state index contributed by atoms with van der Waals surface area (Å²) in [5, 5.41) is 2.94. The van der Waals surface area contributed by atoms with Crippen LogP contribution in [0.3, 0.4) is 0 Å². The number of likely N-dealkylation sites (tertiary alicyclic amines) is 1. The van der Waals surface area contributed by atoms with Crippen LogP contribution < -0.4 is 11.1 Å². The number of oxazole rings is 1. The maximum Gasteiger partial charge on any atom is 0.409 e. The Kier molecular flexibility index (Phi) is 7.57. The molecule has 140 valence electrons. The van der Waals surface area contributed by atoms with Crippen molar-refractivity contribution < 1.29 is 18.7 Å². The molecule has 2 rings (SSSR count). The standard InChI is InChI=1S/C16H26N4O4S/c1-3-23-16(22)20-7-4-11(5-8-20)18-14(21)13-10-24-15(19-13)12(17)6-9-25-2/h10-12H,3-9,17H2,1-2H3,(H,18,21). The summed E-state index contributed by atoms with van der Waals surface area (Å²) in [4.78, 5) is 29.8. The van der Waals surface area contributed by atoms with Gasteiger partial charge in [-0.15, -0.1) is 0 Å². The van der Waals surface area contributed by atoms with Gasteiger partial charge in [0.2, 0.25) is 5.89 Å². The Labute approximate surface area is 151 Å². The van der Waals surface area contributed by atoms with Crippen molar-refractivity contribution in [3.05, 3.63) is 17.8 Å². The van der Waals surface area contributed by atoms with E-state index in [1.54, 1.807) is 23.6 Å². The van der Waals surface area contributed by atoms with E-state index in [0.29, 0.717) is 38.4 Å². The molecule has 8 nitrogen and oxygen atoms in total. The highest BCUT2D eigenvalue weighted by atomic mass is 32.2. The topological polar surface area (TPSA) is 111 Å². The van der Waals surface area contributed by atoms with Gasteiger partial charge in [-0.25, -0.2) is 9.78 Å². The largest absolute Gasteiger partial charge is 0.450 e. The van der Waals surface area contributed by atoms with Crippen molar-refractivity contribution in [2.24, 2.45) is 5.73 Å². The molecule has 3 N–H and O–H groups in total. The lowest BCUT2D eigenvalue weighted by Gasteiger charge is -2.31. The number of nitrogens with two attached hydrogens (primary N) is 1. The van der Waals surface area contributed by atoms with Crippen molar-refractivity contribution in [2.75, 3.05) is 31.7 Å². The molecule has 1 aromatic heterocycles. The van der Waals surface area contributed by atoms with E-state index < -0.39 is 0 Å². The van der Waals surface area contributed by atoms with Gasteiger partial charge in [-0.3, -0.25) is 4.79 Å². The monoisotopic (exact) mass is 370 g/mol. The van der Waals surface area contributed by atoms with E-state index in [2.05, 4.69) is 10.3 Å². The van der Waals surface area contributed by atoms with Crippen LogP contribution in [-0.4, -0.2) is 59.6 Å². The second-order valence-electron chi connectivity index (χ2n) is 5.89. The molecule has 1 unspecified atom stereocenters. The van der Waals surface area contributed by atoms with Crippen LogP contribution in [0.25, 0.3) is 0 Å². The highest BCUT2D eigenvalue weighted by Crippen LogP contribution is 2.16. The Morgan fingerprint density at radius 3 is 2.88 bits per heavy atom. The number of hydrogen-bond donors (Lipinski definition) is 2. The SMILES string of the molecule is CCOC(=O)N1CCC(NC(=O)c2coc(C(N)CCSC)n2)CC1. The Hall–Kier alpha value is -1.74. The zero-order valence-corrected chi connectivity index (χ0v) is 15.5. The second-order valence-corrected chi connectivity index (χ2v) is 6.88. The van der Waals surface area contributed by atoms with E-state index in [0.717, 1.165) is 12.2 Å². The molecule has 1 aliphatic rings. The smallest absolute Gasteiger partial charge is 0.409 e. The van der Waals surface area contributed by atoms with Gasteiger partial charge < -0.3 is 25.1 Å². The number of rotatable bonds is 7.